The standard InChI is InChI=1S/C18H22ClNO2/c1-3-5-12-17-15(9-4-2)20(18(21)22-17)16(13-19)14-10-7-6-8-11-14/h3-4,6-8,10-11,15-17H,1-2,5,9,12-13H2/t15-,16-,17-/m1/s1. The first-order valence-corrected chi connectivity index (χ1v) is 8.08. The third kappa shape index (κ3) is 3.53. The Kier molecular flexibility index (Phi) is 6.08. The summed E-state index contributed by atoms with van der Waals surface area (Å²) in [6.07, 6.45) is 5.51. The van der Waals surface area contributed by atoms with Crippen LogP contribution in [0.1, 0.15) is 30.9 Å². The Morgan fingerprint density at radius 2 is 2.00 bits per heavy atom. The molecule has 0 bridgehead atoms. The predicted octanol–water partition coefficient (Wildman–Crippen LogP) is 4.70. The Morgan fingerprint density at radius 3 is 2.59 bits per heavy atom. The summed E-state index contributed by atoms with van der Waals surface area (Å²) in [5, 5.41) is 0. The Labute approximate surface area is 137 Å². The van der Waals surface area contributed by atoms with E-state index >= 15 is 0 Å². The molecule has 1 aliphatic rings. The highest BCUT2D eigenvalue weighted by molar-refractivity contribution is 6.18. The summed E-state index contributed by atoms with van der Waals surface area (Å²) in [7, 11) is 0. The molecule has 0 aromatic heterocycles. The average Bonchev–Trinajstić information content (AvgIpc) is 2.84. The van der Waals surface area contributed by atoms with Crippen molar-refractivity contribution in [3.8, 4) is 0 Å². The van der Waals surface area contributed by atoms with Crippen molar-refractivity contribution < 1.29 is 9.53 Å². The van der Waals surface area contributed by atoms with Crippen LogP contribution in [-0.2, 0) is 4.74 Å². The van der Waals surface area contributed by atoms with E-state index in [0.717, 1.165) is 18.4 Å². The molecular weight excluding hydrogens is 298 g/mol. The third-order valence-electron chi connectivity index (χ3n) is 3.98. The zero-order chi connectivity index (χ0) is 15.9. The fourth-order valence-electron chi connectivity index (χ4n) is 2.91. The van der Waals surface area contributed by atoms with Gasteiger partial charge in [-0.2, -0.15) is 0 Å². The van der Waals surface area contributed by atoms with Gasteiger partial charge in [0.05, 0.1) is 12.1 Å². The van der Waals surface area contributed by atoms with Gasteiger partial charge in [0, 0.05) is 5.88 Å². The van der Waals surface area contributed by atoms with Crippen LogP contribution in [0.25, 0.3) is 0 Å². The molecule has 1 heterocycles. The molecule has 22 heavy (non-hydrogen) atoms. The van der Waals surface area contributed by atoms with Crippen molar-refractivity contribution >= 4 is 17.7 Å². The number of carbonyl (C=O) groups is 1. The second-order valence-corrected chi connectivity index (χ2v) is 5.68. The number of rotatable bonds is 8. The first-order valence-electron chi connectivity index (χ1n) is 7.54. The highest BCUT2D eigenvalue weighted by Gasteiger charge is 2.44. The topological polar surface area (TPSA) is 29.5 Å². The lowest BCUT2D eigenvalue weighted by atomic mass is 9.99. The molecular formula is C18H22ClNO2. The number of halogens is 1. The van der Waals surface area contributed by atoms with Gasteiger partial charge in [-0.1, -0.05) is 42.5 Å². The van der Waals surface area contributed by atoms with Crippen molar-refractivity contribution in [2.75, 3.05) is 5.88 Å². The molecule has 1 saturated heterocycles. The monoisotopic (exact) mass is 319 g/mol. The molecule has 0 saturated carbocycles. The molecule has 4 heteroatoms. The molecule has 0 aliphatic carbocycles. The van der Waals surface area contributed by atoms with Gasteiger partial charge in [0.25, 0.3) is 0 Å². The van der Waals surface area contributed by atoms with E-state index in [1.165, 1.54) is 0 Å². The highest BCUT2D eigenvalue weighted by atomic mass is 35.5. The molecule has 0 radical (unpaired) electrons. The van der Waals surface area contributed by atoms with Crippen LogP contribution in [0, 0.1) is 0 Å². The molecule has 1 aliphatic heterocycles. The van der Waals surface area contributed by atoms with Crippen LogP contribution in [0.2, 0.25) is 0 Å². The zero-order valence-corrected chi connectivity index (χ0v) is 13.4. The van der Waals surface area contributed by atoms with E-state index < -0.39 is 0 Å². The van der Waals surface area contributed by atoms with E-state index in [2.05, 4.69) is 13.2 Å². The molecule has 0 N–H and O–H groups in total. The van der Waals surface area contributed by atoms with Crippen molar-refractivity contribution in [2.24, 2.45) is 0 Å². The van der Waals surface area contributed by atoms with Gasteiger partial charge >= 0.3 is 6.09 Å². The minimum atomic E-state index is -0.296. The van der Waals surface area contributed by atoms with Crippen LogP contribution in [-0.4, -0.2) is 29.0 Å². The first-order chi connectivity index (χ1) is 10.7. The fourth-order valence-corrected chi connectivity index (χ4v) is 3.24. The summed E-state index contributed by atoms with van der Waals surface area (Å²) in [4.78, 5) is 14.2. The van der Waals surface area contributed by atoms with Gasteiger partial charge in [0.2, 0.25) is 0 Å². The predicted molar refractivity (Wildman–Crippen MR) is 90.0 cm³/mol. The zero-order valence-electron chi connectivity index (χ0n) is 12.7. The second-order valence-electron chi connectivity index (χ2n) is 5.37. The summed E-state index contributed by atoms with van der Waals surface area (Å²) >= 11 is 6.17. The van der Waals surface area contributed by atoms with Crippen molar-refractivity contribution in [3.05, 3.63) is 61.2 Å². The summed E-state index contributed by atoms with van der Waals surface area (Å²) in [6.45, 7) is 7.54. The van der Waals surface area contributed by atoms with Crippen molar-refractivity contribution in [3.63, 3.8) is 0 Å². The first kappa shape index (κ1) is 16.6. The van der Waals surface area contributed by atoms with Crippen LogP contribution < -0.4 is 0 Å². The van der Waals surface area contributed by atoms with Gasteiger partial charge in [0.1, 0.15) is 6.10 Å². The molecule has 3 atom stereocenters. The maximum atomic E-state index is 12.4. The van der Waals surface area contributed by atoms with Gasteiger partial charge in [0.15, 0.2) is 0 Å². The molecule has 3 nitrogen and oxygen atoms in total. The fraction of sp³-hybridized carbons (Fsp3) is 0.389. The Hall–Kier alpha value is -1.74. The van der Waals surface area contributed by atoms with Crippen LogP contribution in [0.5, 0.6) is 0 Å². The number of amides is 1. The van der Waals surface area contributed by atoms with Crippen molar-refractivity contribution in [2.45, 2.75) is 37.5 Å². The van der Waals surface area contributed by atoms with Crippen molar-refractivity contribution in [1.82, 2.24) is 4.90 Å². The number of alkyl halides is 1. The SMILES string of the molecule is C=CCC[C@H]1OC(=O)N([C@H](CCl)c2ccccc2)[C@@H]1CC=C. The highest BCUT2D eigenvalue weighted by Crippen LogP contribution is 2.34. The van der Waals surface area contributed by atoms with Crippen LogP contribution in [0.3, 0.4) is 0 Å². The second kappa shape index (κ2) is 8.04. The van der Waals surface area contributed by atoms with Crippen LogP contribution >= 0.6 is 11.6 Å². The van der Waals surface area contributed by atoms with Crippen LogP contribution in [0.15, 0.2) is 55.6 Å². The normalized spacial score (nSPS) is 22.2. The number of nitrogens with zero attached hydrogens (tertiary/aromatic N) is 1. The number of hydrogen-bond donors (Lipinski definition) is 0. The van der Waals surface area contributed by atoms with Crippen molar-refractivity contribution in [1.29, 1.82) is 0 Å². The lowest BCUT2D eigenvalue weighted by Crippen LogP contribution is -2.40. The number of carbonyl (C=O) groups excluding carboxylic acids is 1. The minimum absolute atomic E-state index is 0.0334. The molecule has 2 rings (SSSR count). The molecule has 0 spiro atoms. The maximum Gasteiger partial charge on any atom is 0.411 e. The molecule has 118 valence electrons. The van der Waals surface area contributed by atoms with Gasteiger partial charge in [-0.15, -0.1) is 24.8 Å². The van der Waals surface area contributed by atoms with E-state index in [9.17, 15) is 4.79 Å². The lowest BCUT2D eigenvalue weighted by molar-refractivity contribution is 0.124. The van der Waals surface area contributed by atoms with E-state index in [1.54, 1.807) is 4.90 Å². The molecule has 1 aromatic carbocycles. The van der Waals surface area contributed by atoms with E-state index in [1.807, 2.05) is 42.5 Å². The maximum absolute atomic E-state index is 12.4. The Morgan fingerprint density at radius 1 is 1.27 bits per heavy atom. The number of allylic oxidation sites excluding steroid dienone is 1. The van der Waals surface area contributed by atoms with Gasteiger partial charge in [-0.25, -0.2) is 4.79 Å². The van der Waals surface area contributed by atoms with E-state index in [-0.39, 0.29) is 24.3 Å². The summed E-state index contributed by atoms with van der Waals surface area (Å²) in [5.41, 5.74) is 1.02. The summed E-state index contributed by atoms with van der Waals surface area (Å²) in [6, 6.07) is 9.61. The van der Waals surface area contributed by atoms with Gasteiger partial charge < -0.3 is 4.74 Å². The molecule has 1 fully saturated rings. The molecule has 1 aromatic rings. The molecule has 0 unspecified atom stereocenters. The van der Waals surface area contributed by atoms with E-state index in [0.29, 0.717) is 12.3 Å². The van der Waals surface area contributed by atoms with E-state index in [4.69, 9.17) is 16.3 Å². The van der Waals surface area contributed by atoms with Gasteiger partial charge in [-0.3, -0.25) is 4.90 Å². The number of ether oxygens (including phenoxy) is 1. The third-order valence-corrected chi connectivity index (χ3v) is 4.27. The lowest BCUT2D eigenvalue weighted by Gasteiger charge is -2.30. The minimum Gasteiger partial charge on any atom is -0.444 e. The van der Waals surface area contributed by atoms with Gasteiger partial charge in [-0.05, 0) is 24.8 Å². The Bertz CT molecular complexity index is 517. The number of cyclic esters (lactones) is 1. The largest absolute Gasteiger partial charge is 0.444 e. The number of benzene rings is 1. The van der Waals surface area contributed by atoms with Crippen LogP contribution in [0.4, 0.5) is 4.79 Å². The summed E-state index contributed by atoms with van der Waals surface area (Å²) in [5.74, 6) is 0.334. The smallest absolute Gasteiger partial charge is 0.411 e. The Balaban J connectivity index is 2.26. The summed E-state index contributed by atoms with van der Waals surface area (Å²) < 4.78 is 5.58. The average molecular weight is 320 g/mol. The number of hydrogen-bond acceptors (Lipinski definition) is 2. The molecule has 1 amide bonds. The quantitative estimate of drug-likeness (QED) is 0.513.